The average Bonchev–Trinajstić information content (AvgIpc) is 3.13. The number of benzene rings is 2. The van der Waals surface area contributed by atoms with Crippen molar-refractivity contribution in [3.63, 3.8) is 0 Å². The van der Waals surface area contributed by atoms with Gasteiger partial charge >= 0.3 is 0 Å². The van der Waals surface area contributed by atoms with E-state index in [1.54, 1.807) is 24.5 Å². The predicted octanol–water partition coefficient (Wildman–Crippen LogP) is 4.21. The fourth-order valence-corrected chi connectivity index (χ4v) is 2.73. The van der Waals surface area contributed by atoms with Crippen molar-refractivity contribution in [3.05, 3.63) is 72.6 Å². The first-order valence-corrected chi connectivity index (χ1v) is 8.50. The second kappa shape index (κ2) is 6.92. The number of hydrogen-bond acceptors (Lipinski definition) is 5. The molecule has 0 saturated carbocycles. The maximum Gasteiger partial charge on any atom is 0.255 e. The van der Waals surface area contributed by atoms with Crippen LogP contribution in [0.15, 0.2) is 71.4 Å². The predicted molar refractivity (Wildman–Crippen MR) is 106 cm³/mol. The molecule has 4 aromatic rings. The van der Waals surface area contributed by atoms with Gasteiger partial charge in [0.1, 0.15) is 5.52 Å². The van der Waals surface area contributed by atoms with Gasteiger partial charge in [-0.1, -0.05) is 6.07 Å². The lowest BCUT2D eigenvalue weighted by molar-refractivity contribution is 0.102. The largest absolute Gasteiger partial charge is 0.434 e. The highest BCUT2D eigenvalue weighted by atomic mass is 16.3. The molecule has 2 heterocycles. The van der Waals surface area contributed by atoms with E-state index in [0.717, 1.165) is 16.8 Å². The van der Waals surface area contributed by atoms with E-state index in [1.807, 2.05) is 61.5 Å². The Morgan fingerprint density at radius 2 is 1.89 bits per heavy atom. The number of carbonyl (C=O) groups excluding carboxylic acids is 1. The van der Waals surface area contributed by atoms with E-state index in [-0.39, 0.29) is 5.91 Å². The first-order chi connectivity index (χ1) is 13.1. The summed E-state index contributed by atoms with van der Waals surface area (Å²) in [7, 11) is 3.88. The Bertz CT molecular complexity index is 1070. The van der Waals surface area contributed by atoms with Gasteiger partial charge in [0.2, 0.25) is 5.89 Å². The Labute approximate surface area is 156 Å². The lowest BCUT2D eigenvalue weighted by Gasteiger charge is -2.13. The molecule has 27 heavy (non-hydrogen) atoms. The standard InChI is InChI=1S/C21H18N4O2/c1-25(2)17-5-3-4-15(12-17)20(26)23-16-8-6-14(7-9-16)21-24-18-10-11-22-13-19(18)27-21/h3-13H,1-2H3,(H,23,26). The van der Waals surface area contributed by atoms with Crippen molar-refractivity contribution in [2.45, 2.75) is 0 Å². The summed E-state index contributed by atoms with van der Waals surface area (Å²) in [5, 5.41) is 2.91. The summed E-state index contributed by atoms with van der Waals surface area (Å²) in [5.41, 5.74) is 4.53. The minimum absolute atomic E-state index is 0.153. The van der Waals surface area contributed by atoms with Crippen LogP contribution in [0.1, 0.15) is 10.4 Å². The number of rotatable bonds is 4. The Morgan fingerprint density at radius 1 is 1.07 bits per heavy atom. The van der Waals surface area contributed by atoms with Crippen LogP contribution in [-0.2, 0) is 0 Å². The number of carbonyl (C=O) groups is 1. The summed E-state index contributed by atoms with van der Waals surface area (Å²) in [6.45, 7) is 0. The number of nitrogens with one attached hydrogen (secondary N) is 1. The quantitative estimate of drug-likeness (QED) is 0.592. The molecule has 1 N–H and O–H groups in total. The molecule has 4 rings (SSSR count). The molecule has 1 amide bonds. The molecular weight excluding hydrogens is 340 g/mol. The maximum atomic E-state index is 12.5. The Morgan fingerprint density at radius 3 is 2.63 bits per heavy atom. The van der Waals surface area contributed by atoms with Crippen LogP contribution in [0.25, 0.3) is 22.6 Å². The molecule has 2 aromatic heterocycles. The van der Waals surface area contributed by atoms with Crippen LogP contribution in [0.2, 0.25) is 0 Å². The molecule has 6 nitrogen and oxygen atoms in total. The fourth-order valence-electron chi connectivity index (χ4n) is 2.73. The lowest BCUT2D eigenvalue weighted by Crippen LogP contribution is -2.14. The van der Waals surface area contributed by atoms with Gasteiger partial charge in [-0.25, -0.2) is 4.98 Å². The minimum Gasteiger partial charge on any atom is -0.434 e. The monoisotopic (exact) mass is 358 g/mol. The molecule has 0 fully saturated rings. The molecule has 0 spiro atoms. The van der Waals surface area contributed by atoms with Crippen molar-refractivity contribution in [2.75, 3.05) is 24.3 Å². The minimum atomic E-state index is -0.153. The van der Waals surface area contributed by atoms with E-state index in [2.05, 4.69) is 15.3 Å². The van der Waals surface area contributed by atoms with Gasteiger partial charge < -0.3 is 14.6 Å². The SMILES string of the molecule is CN(C)c1cccc(C(=O)Nc2ccc(-c3nc4ccncc4o3)cc2)c1. The summed E-state index contributed by atoms with van der Waals surface area (Å²) in [4.78, 5) is 22.9. The molecule has 0 bridgehead atoms. The number of amides is 1. The van der Waals surface area contributed by atoms with Gasteiger partial charge in [-0.3, -0.25) is 9.78 Å². The summed E-state index contributed by atoms with van der Waals surface area (Å²) >= 11 is 0. The highest BCUT2D eigenvalue weighted by molar-refractivity contribution is 6.04. The van der Waals surface area contributed by atoms with E-state index < -0.39 is 0 Å². The second-order valence-corrected chi connectivity index (χ2v) is 6.34. The number of oxazole rings is 1. The molecule has 0 aliphatic rings. The molecule has 2 aromatic carbocycles. The van der Waals surface area contributed by atoms with Crippen LogP contribution in [-0.4, -0.2) is 30.0 Å². The van der Waals surface area contributed by atoms with Gasteiger partial charge in [-0.15, -0.1) is 0 Å². The molecule has 0 unspecified atom stereocenters. The van der Waals surface area contributed by atoms with Gasteiger partial charge in [-0.05, 0) is 48.5 Å². The zero-order valence-electron chi connectivity index (χ0n) is 15.0. The van der Waals surface area contributed by atoms with Crippen molar-refractivity contribution in [2.24, 2.45) is 0 Å². The van der Waals surface area contributed by atoms with E-state index in [4.69, 9.17) is 4.42 Å². The first-order valence-electron chi connectivity index (χ1n) is 8.50. The molecular formula is C21H18N4O2. The highest BCUT2D eigenvalue weighted by Crippen LogP contribution is 2.25. The third-order valence-electron chi connectivity index (χ3n) is 4.21. The first kappa shape index (κ1) is 16.8. The zero-order valence-corrected chi connectivity index (χ0v) is 15.0. The van der Waals surface area contributed by atoms with Crippen molar-refractivity contribution in [1.29, 1.82) is 0 Å². The molecule has 0 aliphatic heterocycles. The molecule has 0 atom stereocenters. The molecule has 0 radical (unpaired) electrons. The van der Waals surface area contributed by atoms with E-state index >= 15 is 0 Å². The van der Waals surface area contributed by atoms with Gasteiger partial charge in [0.15, 0.2) is 5.58 Å². The molecule has 0 aliphatic carbocycles. The number of anilines is 2. The van der Waals surface area contributed by atoms with Crippen LogP contribution in [0.5, 0.6) is 0 Å². The van der Waals surface area contributed by atoms with E-state index in [0.29, 0.717) is 22.7 Å². The van der Waals surface area contributed by atoms with E-state index in [1.165, 1.54) is 0 Å². The zero-order chi connectivity index (χ0) is 18.8. The van der Waals surface area contributed by atoms with Gasteiger partial charge in [0, 0.05) is 42.8 Å². The average molecular weight is 358 g/mol. The number of aromatic nitrogens is 2. The summed E-state index contributed by atoms with van der Waals surface area (Å²) in [6.07, 6.45) is 3.32. The molecule has 0 saturated heterocycles. The van der Waals surface area contributed by atoms with Crippen LogP contribution in [0, 0.1) is 0 Å². The number of pyridine rings is 1. The van der Waals surface area contributed by atoms with Gasteiger partial charge in [0.25, 0.3) is 5.91 Å². The smallest absolute Gasteiger partial charge is 0.255 e. The van der Waals surface area contributed by atoms with Crippen molar-refractivity contribution in [3.8, 4) is 11.5 Å². The summed E-state index contributed by atoms with van der Waals surface area (Å²) < 4.78 is 5.71. The van der Waals surface area contributed by atoms with Crippen LogP contribution in [0.4, 0.5) is 11.4 Å². The van der Waals surface area contributed by atoms with Crippen LogP contribution >= 0.6 is 0 Å². The maximum absolute atomic E-state index is 12.5. The number of hydrogen-bond donors (Lipinski definition) is 1. The van der Waals surface area contributed by atoms with Gasteiger partial charge in [0.05, 0.1) is 6.20 Å². The van der Waals surface area contributed by atoms with Crippen LogP contribution < -0.4 is 10.2 Å². The molecule has 6 heteroatoms. The normalized spacial score (nSPS) is 10.7. The molecule has 134 valence electrons. The lowest BCUT2D eigenvalue weighted by atomic mass is 10.1. The van der Waals surface area contributed by atoms with Crippen molar-refractivity contribution < 1.29 is 9.21 Å². The highest BCUT2D eigenvalue weighted by Gasteiger charge is 2.10. The van der Waals surface area contributed by atoms with Crippen LogP contribution in [0.3, 0.4) is 0 Å². The topological polar surface area (TPSA) is 71.3 Å². The number of nitrogens with zero attached hydrogens (tertiary/aromatic N) is 3. The Hall–Kier alpha value is -3.67. The Balaban J connectivity index is 1.52. The Kier molecular flexibility index (Phi) is 4.30. The second-order valence-electron chi connectivity index (χ2n) is 6.34. The van der Waals surface area contributed by atoms with Crippen molar-refractivity contribution >= 4 is 28.4 Å². The van der Waals surface area contributed by atoms with Gasteiger partial charge in [-0.2, -0.15) is 0 Å². The van der Waals surface area contributed by atoms with Crippen molar-refractivity contribution in [1.82, 2.24) is 9.97 Å². The fraction of sp³-hybridized carbons (Fsp3) is 0.0952. The summed E-state index contributed by atoms with van der Waals surface area (Å²) in [5.74, 6) is 0.369. The third kappa shape index (κ3) is 3.50. The van der Waals surface area contributed by atoms with E-state index in [9.17, 15) is 4.79 Å². The number of fused-ring (bicyclic) bond motifs is 1. The summed E-state index contributed by atoms with van der Waals surface area (Å²) in [6, 6.07) is 16.7. The third-order valence-corrected chi connectivity index (χ3v) is 4.21.